The SMILES string of the molecule is Cc1nc(-c2ccccc2C)n(CC(=O)Nc2ccccc2)n1. The van der Waals surface area contributed by atoms with Gasteiger partial charge in [0.1, 0.15) is 12.4 Å². The molecule has 0 fully saturated rings. The molecule has 0 bridgehead atoms. The summed E-state index contributed by atoms with van der Waals surface area (Å²) < 4.78 is 1.65. The highest BCUT2D eigenvalue weighted by atomic mass is 16.2. The fourth-order valence-corrected chi connectivity index (χ4v) is 2.45. The van der Waals surface area contributed by atoms with Crippen molar-refractivity contribution in [2.24, 2.45) is 0 Å². The first-order valence-corrected chi connectivity index (χ1v) is 7.46. The molecular weight excluding hydrogens is 288 g/mol. The molecule has 0 aliphatic heterocycles. The van der Waals surface area contributed by atoms with E-state index in [1.165, 1.54) is 0 Å². The van der Waals surface area contributed by atoms with Gasteiger partial charge in [0, 0.05) is 11.3 Å². The van der Waals surface area contributed by atoms with E-state index < -0.39 is 0 Å². The highest BCUT2D eigenvalue weighted by Crippen LogP contribution is 2.21. The number of amides is 1. The minimum absolute atomic E-state index is 0.124. The van der Waals surface area contributed by atoms with Crippen LogP contribution < -0.4 is 5.32 Å². The Morgan fingerprint density at radius 3 is 2.48 bits per heavy atom. The molecule has 0 saturated carbocycles. The number of hydrogen-bond donors (Lipinski definition) is 1. The van der Waals surface area contributed by atoms with Gasteiger partial charge in [0.05, 0.1) is 0 Å². The first-order valence-electron chi connectivity index (χ1n) is 7.46. The number of hydrogen-bond acceptors (Lipinski definition) is 3. The van der Waals surface area contributed by atoms with Crippen molar-refractivity contribution in [1.29, 1.82) is 0 Å². The molecular formula is C18H18N4O. The summed E-state index contributed by atoms with van der Waals surface area (Å²) in [6.07, 6.45) is 0. The fourth-order valence-electron chi connectivity index (χ4n) is 2.45. The number of para-hydroxylation sites is 1. The maximum Gasteiger partial charge on any atom is 0.246 e. The number of aryl methyl sites for hydroxylation is 2. The van der Waals surface area contributed by atoms with Crippen LogP contribution in [0.4, 0.5) is 5.69 Å². The van der Waals surface area contributed by atoms with Gasteiger partial charge in [-0.2, -0.15) is 5.10 Å². The lowest BCUT2D eigenvalue weighted by Gasteiger charge is -2.09. The molecule has 2 aromatic carbocycles. The van der Waals surface area contributed by atoms with Gasteiger partial charge in [-0.3, -0.25) is 4.79 Å². The summed E-state index contributed by atoms with van der Waals surface area (Å²) in [5.74, 6) is 1.23. The third kappa shape index (κ3) is 3.45. The van der Waals surface area contributed by atoms with Crippen LogP contribution in [-0.2, 0) is 11.3 Å². The Morgan fingerprint density at radius 2 is 1.74 bits per heavy atom. The fraction of sp³-hybridized carbons (Fsp3) is 0.167. The molecule has 0 radical (unpaired) electrons. The standard InChI is InChI=1S/C18H18N4O/c1-13-8-6-7-11-16(13)18-19-14(2)21-22(18)12-17(23)20-15-9-4-3-5-10-15/h3-11H,12H2,1-2H3,(H,20,23). The molecule has 0 unspecified atom stereocenters. The summed E-state index contributed by atoms with van der Waals surface area (Å²) in [5, 5.41) is 7.22. The van der Waals surface area contributed by atoms with E-state index in [4.69, 9.17) is 0 Å². The van der Waals surface area contributed by atoms with Crippen molar-refractivity contribution < 1.29 is 4.79 Å². The third-order valence-electron chi connectivity index (χ3n) is 3.51. The van der Waals surface area contributed by atoms with Crippen LogP contribution in [0.3, 0.4) is 0 Å². The highest BCUT2D eigenvalue weighted by molar-refractivity contribution is 5.90. The van der Waals surface area contributed by atoms with E-state index in [1.807, 2.05) is 68.4 Å². The predicted molar refractivity (Wildman–Crippen MR) is 90.0 cm³/mol. The second kappa shape index (κ2) is 6.44. The molecule has 116 valence electrons. The number of nitrogens with one attached hydrogen (secondary N) is 1. The third-order valence-corrected chi connectivity index (χ3v) is 3.51. The number of benzene rings is 2. The number of anilines is 1. The maximum atomic E-state index is 12.3. The summed E-state index contributed by atoms with van der Waals surface area (Å²) in [5.41, 5.74) is 2.86. The molecule has 5 nitrogen and oxygen atoms in total. The summed E-state index contributed by atoms with van der Waals surface area (Å²) in [6, 6.07) is 17.3. The number of rotatable bonds is 4. The molecule has 1 amide bonds. The first kappa shape index (κ1) is 15.0. The molecule has 0 aliphatic rings. The van der Waals surface area contributed by atoms with Gasteiger partial charge >= 0.3 is 0 Å². The van der Waals surface area contributed by atoms with Crippen LogP contribution in [0.2, 0.25) is 0 Å². The minimum atomic E-state index is -0.129. The van der Waals surface area contributed by atoms with Gasteiger partial charge in [-0.25, -0.2) is 9.67 Å². The average Bonchev–Trinajstić information content (AvgIpc) is 2.89. The number of carbonyl (C=O) groups is 1. The van der Waals surface area contributed by atoms with Gasteiger partial charge in [-0.1, -0.05) is 42.5 Å². The van der Waals surface area contributed by atoms with Crippen LogP contribution in [0.25, 0.3) is 11.4 Å². The van der Waals surface area contributed by atoms with Crippen molar-refractivity contribution in [3.63, 3.8) is 0 Å². The van der Waals surface area contributed by atoms with Crippen molar-refractivity contribution in [3.05, 3.63) is 66.0 Å². The van der Waals surface area contributed by atoms with Crippen molar-refractivity contribution >= 4 is 11.6 Å². The second-order valence-corrected chi connectivity index (χ2v) is 5.37. The van der Waals surface area contributed by atoms with Crippen molar-refractivity contribution in [2.45, 2.75) is 20.4 Å². The number of nitrogens with zero attached hydrogens (tertiary/aromatic N) is 3. The zero-order valence-corrected chi connectivity index (χ0v) is 13.2. The van der Waals surface area contributed by atoms with Crippen LogP contribution in [0.5, 0.6) is 0 Å². The molecule has 0 atom stereocenters. The van der Waals surface area contributed by atoms with E-state index >= 15 is 0 Å². The molecule has 1 aromatic heterocycles. The van der Waals surface area contributed by atoms with E-state index in [2.05, 4.69) is 15.4 Å². The van der Waals surface area contributed by atoms with Gasteiger partial charge in [0.15, 0.2) is 5.82 Å². The van der Waals surface area contributed by atoms with E-state index in [0.717, 1.165) is 16.8 Å². The molecule has 3 rings (SSSR count). The molecule has 5 heteroatoms. The summed E-state index contributed by atoms with van der Waals surface area (Å²) >= 11 is 0. The lowest BCUT2D eigenvalue weighted by atomic mass is 10.1. The van der Waals surface area contributed by atoms with Gasteiger partial charge in [-0.05, 0) is 31.5 Å². The molecule has 0 aliphatic carbocycles. The van der Waals surface area contributed by atoms with Gasteiger partial charge in [0.25, 0.3) is 0 Å². The normalized spacial score (nSPS) is 10.5. The zero-order valence-electron chi connectivity index (χ0n) is 13.2. The maximum absolute atomic E-state index is 12.3. The summed E-state index contributed by atoms with van der Waals surface area (Å²) in [4.78, 5) is 16.7. The Labute approximate surface area is 135 Å². The minimum Gasteiger partial charge on any atom is -0.324 e. The van der Waals surface area contributed by atoms with E-state index in [0.29, 0.717) is 11.6 Å². The number of aromatic nitrogens is 3. The van der Waals surface area contributed by atoms with E-state index in [-0.39, 0.29) is 12.5 Å². The zero-order chi connectivity index (χ0) is 16.2. The lowest BCUT2D eigenvalue weighted by molar-refractivity contribution is -0.116. The largest absolute Gasteiger partial charge is 0.324 e. The first-order chi connectivity index (χ1) is 11.1. The molecule has 1 N–H and O–H groups in total. The Hall–Kier alpha value is -2.95. The smallest absolute Gasteiger partial charge is 0.246 e. The Morgan fingerprint density at radius 1 is 1.04 bits per heavy atom. The molecule has 23 heavy (non-hydrogen) atoms. The van der Waals surface area contributed by atoms with Crippen molar-refractivity contribution in [2.75, 3.05) is 5.32 Å². The van der Waals surface area contributed by atoms with Crippen molar-refractivity contribution in [1.82, 2.24) is 14.8 Å². The number of carbonyl (C=O) groups excluding carboxylic acids is 1. The van der Waals surface area contributed by atoms with Gasteiger partial charge in [0.2, 0.25) is 5.91 Å². The van der Waals surface area contributed by atoms with Gasteiger partial charge in [-0.15, -0.1) is 0 Å². The van der Waals surface area contributed by atoms with Crippen LogP contribution in [0, 0.1) is 13.8 Å². The van der Waals surface area contributed by atoms with Gasteiger partial charge < -0.3 is 5.32 Å². The van der Waals surface area contributed by atoms with Crippen LogP contribution in [0.15, 0.2) is 54.6 Å². The van der Waals surface area contributed by atoms with E-state index in [1.54, 1.807) is 4.68 Å². The van der Waals surface area contributed by atoms with Crippen molar-refractivity contribution in [3.8, 4) is 11.4 Å². The second-order valence-electron chi connectivity index (χ2n) is 5.37. The average molecular weight is 306 g/mol. The van der Waals surface area contributed by atoms with Crippen LogP contribution in [0.1, 0.15) is 11.4 Å². The monoisotopic (exact) mass is 306 g/mol. The molecule has 0 saturated heterocycles. The molecule has 0 spiro atoms. The molecule has 1 heterocycles. The summed E-state index contributed by atoms with van der Waals surface area (Å²) in [7, 11) is 0. The Kier molecular flexibility index (Phi) is 4.19. The highest BCUT2D eigenvalue weighted by Gasteiger charge is 2.14. The predicted octanol–water partition coefficient (Wildman–Crippen LogP) is 3.20. The topological polar surface area (TPSA) is 59.8 Å². The Bertz CT molecular complexity index is 824. The quantitative estimate of drug-likeness (QED) is 0.805. The molecule has 3 aromatic rings. The van der Waals surface area contributed by atoms with E-state index in [9.17, 15) is 4.79 Å². The van der Waals surface area contributed by atoms with Crippen LogP contribution >= 0.6 is 0 Å². The lowest BCUT2D eigenvalue weighted by Crippen LogP contribution is -2.20. The Balaban J connectivity index is 1.84. The summed E-state index contributed by atoms with van der Waals surface area (Å²) in [6.45, 7) is 3.97. The van der Waals surface area contributed by atoms with Crippen LogP contribution in [-0.4, -0.2) is 20.7 Å².